The molecule has 1 aromatic rings. The highest BCUT2D eigenvalue weighted by molar-refractivity contribution is 5.82. The molecule has 0 spiro atoms. The minimum absolute atomic E-state index is 0.838. The van der Waals surface area contributed by atoms with Gasteiger partial charge in [0.25, 0.3) is 0 Å². The summed E-state index contributed by atoms with van der Waals surface area (Å²) in [6, 6.07) is 6.37. The second kappa shape index (κ2) is 8.88. The van der Waals surface area contributed by atoms with Gasteiger partial charge in [0, 0.05) is 12.2 Å². The molecule has 0 fully saturated rings. The maximum atomic E-state index is 4.22. The summed E-state index contributed by atoms with van der Waals surface area (Å²) in [6.07, 6.45) is 16.9. The van der Waals surface area contributed by atoms with Gasteiger partial charge in [0.15, 0.2) is 0 Å². The van der Waals surface area contributed by atoms with Crippen molar-refractivity contribution >= 4 is 23.7 Å². The van der Waals surface area contributed by atoms with Gasteiger partial charge in [-0.15, -0.1) is 0 Å². The van der Waals surface area contributed by atoms with Crippen molar-refractivity contribution in [2.75, 3.05) is 11.4 Å². The molecule has 0 aliphatic heterocycles. The molecule has 0 saturated heterocycles. The minimum Gasteiger partial charge on any atom is -0.340 e. The maximum Gasteiger partial charge on any atom is 0.0859 e. The number of allylic oxidation sites excluding steroid dienone is 8. The van der Waals surface area contributed by atoms with Crippen LogP contribution in [0.2, 0.25) is 0 Å². The SMILES string of the molecule is C=C/C=C(\C=C/C)N(CC)c1cc(C2=CCCC=C2)ccc1N=C. The highest BCUT2D eigenvalue weighted by Crippen LogP contribution is 2.35. The Labute approximate surface area is 145 Å². The lowest BCUT2D eigenvalue weighted by Crippen LogP contribution is -2.21. The predicted octanol–water partition coefficient (Wildman–Crippen LogP) is 6.22. The first-order valence-corrected chi connectivity index (χ1v) is 8.46. The van der Waals surface area contributed by atoms with Gasteiger partial charge in [0.1, 0.15) is 0 Å². The van der Waals surface area contributed by atoms with E-state index < -0.39 is 0 Å². The van der Waals surface area contributed by atoms with Crippen LogP contribution in [0.5, 0.6) is 0 Å². The average molecular weight is 318 g/mol. The van der Waals surface area contributed by atoms with Crippen LogP contribution in [0, 0.1) is 0 Å². The fourth-order valence-electron chi connectivity index (χ4n) is 2.90. The average Bonchev–Trinajstić information content (AvgIpc) is 2.63. The molecule has 0 atom stereocenters. The number of aliphatic imine (C=N–C) groups is 1. The highest BCUT2D eigenvalue weighted by atomic mass is 15.1. The molecule has 0 amide bonds. The van der Waals surface area contributed by atoms with E-state index in [0.29, 0.717) is 0 Å². The van der Waals surface area contributed by atoms with Crippen LogP contribution < -0.4 is 4.90 Å². The van der Waals surface area contributed by atoms with Gasteiger partial charge in [0.2, 0.25) is 0 Å². The molecule has 0 bridgehead atoms. The Bertz CT molecular complexity index is 717. The summed E-state index contributed by atoms with van der Waals surface area (Å²) in [6.45, 7) is 12.6. The monoisotopic (exact) mass is 318 g/mol. The Hall–Kier alpha value is -2.61. The second-order valence-electron chi connectivity index (χ2n) is 5.57. The largest absolute Gasteiger partial charge is 0.340 e. The van der Waals surface area contributed by atoms with Crippen molar-refractivity contribution in [2.45, 2.75) is 26.7 Å². The van der Waals surface area contributed by atoms with E-state index >= 15 is 0 Å². The van der Waals surface area contributed by atoms with E-state index in [1.54, 1.807) is 0 Å². The molecule has 2 nitrogen and oxygen atoms in total. The van der Waals surface area contributed by atoms with Crippen molar-refractivity contribution in [1.29, 1.82) is 0 Å². The third kappa shape index (κ3) is 4.02. The van der Waals surface area contributed by atoms with Crippen LogP contribution in [-0.4, -0.2) is 13.3 Å². The van der Waals surface area contributed by atoms with Crippen LogP contribution >= 0.6 is 0 Å². The van der Waals surface area contributed by atoms with E-state index in [-0.39, 0.29) is 0 Å². The lowest BCUT2D eigenvalue weighted by molar-refractivity contribution is 0.977. The van der Waals surface area contributed by atoms with Crippen LogP contribution in [0.15, 0.2) is 78.0 Å². The summed E-state index contributed by atoms with van der Waals surface area (Å²) in [7, 11) is 0. The Kier molecular flexibility index (Phi) is 6.56. The molecule has 1 aliphatic rings. The van der Waals surface area contributed by atoms with Crippen molar-refractivity contribution in [3.05, 3.63) is 78.6 Å². The molecule has 1 aromatic carbocycles. The third-order valence-electron chi connectivity index (χ3n) is 4.02. The summed E-state index contributed by atoms with van der Waals surface area (Å²) in [5, 5.41) is 0. The maximum absolute atomic E-state index is 4.22. The first-order valence-electron chi connectivity index (χ1n) is 8.46. The predicted molar refractivity (Wildman–Crippen MR) is 108 cm³/mol. The minimum atomic E-state index is 0.838. The fraction of sp³-hybridized carbons (Fsp3) is 0.227. The molecular formula is C22H26N2. The Morgan fingerprint density at radius 2 is 2.17 bits per heavy atom. The summed E-state index contributed by atoms with van der Waals surface area (Å²) in [5.41, 5.74) is 5.53. The van der Waals surface area contributed by atoms with Gasteiger partial charge in [-0.1, -0.05) is 43.0 Å². The van der Waals surface area contributed by atoms with Crippen molar-refractivity contribution in [3.8, 4) is 0 Å². The molecule has 0 N–H and O–H groups in total. The van der Waals surface area contributed by atoms with Gasteiger partial charge in [-0.3, -0.25) is 4.99 Å². The Morgan fingerprint density at radius 1 is 1.33 bits per heavy atom. The van der Waals surface area contributed by atoms with Crippen molar-refractivity contribution in [2.24, 2.45) is 4.99 Å². The lowest BCUT2D eigenvalue weighted by Gasteiger charge is -2.26. The topological polar surface area (TPSA) is 15.6 Å². The van der Waals surface area contributed by atoms with Gasteiger partial charge in [0.05, 0.1) is 11.4 Å². The summed E-state index contributed by atoms with van der Waals surface area (Å²) < 4.78 is 0. The number of benzene rings is 1. The number of likely N-dealkylation sites (N-methyl/N-ethyl adjacent to an activating group) is 1. The summed E-state index contributed by atoms with van der Waals surface area (Å²) >= 11 is 0. The highest BCUT2D eigenvalue weighted by Gasteiger charge is 2.14. The molecular weight excluding hydrogens is 292 g/mol. The second-order valence-corrected chi connectivity index (χ2v) is 5.57. The zero-order valence-corrected chi connectivity index (χ0v) is 14.7. The smallest absolute Gasteiger partial charge is 0.0859 e. The van der Waals surface area contributed by atoms with Crippen LogP contribution in [0.25, 0.3) is 5.57 Å². The molecule has 1 aliphatic carbocycles. The van der Waals surface area contributed by atoms with E-state index in [1.807, 2.05) is 31.2 Å². The van der Waals surface area contributed by atoms with Crippen LogP contribution in [0.1, 0.15) is 32.3 Å². The van der Waals surface area contributed by atoms with Crippen molar-refractivity contribution in [3.63, 3.8) is 0 Å². The van der Waals surface area contributed by atoms with Crippen molar-refractivity contribution < 1.29 is 0 Å². The van der Waals surface area contributed by atoms with Crippen LogP contribution in [-0.2, 0) is 0 Å². The van der Waals surface area contributed by atoms with Gasteiger partial charge in [-0.05, 0) is 68.8 Å². The molecule has 2 heteroatoms. The van der Waals surface area contributed by atoms with Crippen LogP contribution in [0.3, 0.4) is 0 Å². The Balaban J connectivity index is 2.54. The zero-order chi connectivity index (χ0) is 17.4. The standard InChI is InChI=1S/C22H26N2/c1-5-11-20(12-6-2)24(7-3)22-17-19(15-16-21(22)23-4)18-13-9-8-10-14-18/h5-6,9,11-17H,1,4,7-8,10H2,2-3H3/b12-6-,20-11+. The van der Waals surface area contributed by atoms with E-state index in [9.17, 15) is 0 Å². The van der Waals surface area contributed by atoms with Gasteiger partial charge >= 0.3 is 0 Å². The van der Waals surface area contributed by atoms with E-state index in [0.717, 1.165) is 36.5 Å². The number of hydrogen-bond donors (Lipinski definition) is 0. The fourth-order valence-corrected chi connectivity index (χ4v) is 2.90. The molecule has 24 heavy (non-hydrogen) atoms. The normalized spacial score (nSPS) is 14.6. The molecule has 0 radical (unpaired) electrons. The number of hydrogen-bond acceptors (Lipinski definition) is 2. The van der Waals surface area contributed by atoms with Gasteiger partial charge in [-0.2, -0.15) is 0 Å². The molecule has 124 valence electrons. The molecule has 0 saturated carbocycles. The zero-order valence-electron chi connectivity index (χ0n) is 14.7. The number of anilines is 1. The third-order valence-corrected chi connectivity index (χ3v) is 4.02. The number of rotatable bonds is 7. The molecule has 0 unspecified atom stereocenters. The van der Waals surface area contributed by atoms with Gasteiger partial charge < -0.3 is 4.90 Å². The summed E-state index contributed by atoms with van der Waals surface area (Å²) in [5.74, 6) is 0. The van der Waals surface area contributed by atoms with Crippen LogP contribution in [0.4, 0.5) is 11.4 Å². The summed E-state index contributed by atoms with van der Waals surface area (Å²) in [4.78, 5) is 6.46. The Morgan fingerprint density at radius 3 is 2.75 bits per heavy atom. The molecule has 2 rings (SSSR count). The van der Waals surface area contributed by atoms with E-state index in [2.05, 4.69) is 66.5 Å². The molecule has 0 aromatic heterocycles. The number of nitrogens with zero attached hydrogens (tertiary/aromatic N) is 2. The first kappa shape index (κ1) is 17.7. The van der Waals surface area contributed by atoms with Gasteiger partial charge in [-0.25, -0.2) is 0 Å². The molecule has 0 heterocycles. The van der Waals surface area contributed by atoms with E-state index in [4.69, 9.17) is 0 Å². The lowest BCUT2D eigenvalue weighted by atomic mass is 9.98. The first-order chi connectivity index (χ1) is 11.7. The quantitative estimate of drug-likeness (QED) is 0.430. The van der Waals surface area contributed by atoms with E-state index in [1.165, 1.54) is 11.1 Å². The van der Waals surface area contributed by atoms with Crippen molar-refractivity contribution in [1.82, 2.24) is 0 Å².